The molecule has 2 atom stereocenters. The molecule has 0 bridgehead atoms. The molecule has 0 aliphatic rings. The van der Waals surface area contributed by atoms with Gasteiger partial charge in [0.2, 0.25) is 5.91 Å². The third kappa shape index (κ3) is 5.29. The molecule has 0 aliphatic carbocycles. The zero-order chi connectivity index (χ0) is 16.8. The lowest BCUT2D eigenvalue weighted by atomic mass is 10.0. The number of amides is 1. The first-order chi connectivity index (χ1) is 11.0. The smallest absolute Gasteiger partial charge is 0.233 e. The number of hydrogen-bond donors (Lipinski definition) is 1. The van der Waals surface area contributed by atoms with Crippen LogP contribution in [0.5, 0.6) is 0 Å². The Labute approximate surface area is 147 Å². The zero-order valence-corrected chi connectivity index (χ0v) is 15.2. The van der Waals surface area contributed by atoms with Gasteiger partial charge in [0.15, 0.2) is 0 Å². The van der Waals surface area contributed by atoms with Crippen LogP contribution in [0.4, 0.5) is 0 Å². The number of rotatable bonds is 6. The minimum Gasteiger partial charge on any atom is -0.348 e. The third-order valence-corrected chi connectivity index (χ3v) is 5.06. The van der Waals surface area contributed by atoms with Crippen molar-refractivity contribution in [1.29, 1.82) is 0 Å². The fourth-order valence-electron chi connectivity index (χ4n) is 2.28. The van der Waals surface area contributed by atoms with Gasteiger partial charge in [0.1, 0.15) is 0 Å². The highest BCUT2D eigenvalue weighted by molar-refractivity contribution is 8.00. The molecular formula is C19H22ClNOS. The summed E-state index contributed by atoms with van der Waals surface area (Å²) in [6, 6.07) is 15.9. The predicted octanol–water partition coefficient (Wildman–Crippen LogP) is 5.40. The largest absolute Gasteiger partial charge is 0.348 e. The van der Waals surface area contributed by atoms with Crippen LogP contribution >= 0.6 is 23.4 Å². The Kier molecular flexibility index (Phi) is 6.55. The predicted molar refractivity (Wildman–Crippen MR) is 99.1 cm³/mol. The fraction of sp³-hybridized carbons (Fsp3) is 0.316. The van der Waals surface area contributed by atoms with Crippen molar-refractivity contribution in [2.75, 3.05) is 0 Å². The summed E-state index contributed by atoms with van der Waals surface area (Å²) in [5.41, 5.74) is 2.37. The molecular weight excluding hydrogens is 326 g/mol. The lowest BCUT2D eigenvalue weighted by molar-refractivity contribution is -0.121. The molecule has 0 aromatic heterocycles. The fourth-order valence-corrected chi connectivity index (χ4v) is 3.28. The van der Waals surface area contributed by atoms with Crippen molar-refractivity contribution in [3.63, 3.8) is 0 Å². The molecule has 0 saturated heterocycles. The van der Waals surface area contributed by atoms with Crippen molar-refractivity contribution in [2.45, 2.75) is 43.4 Å². The third-order valence-electron chi connectivity index (χ3n) is 3.70. The molecule has 2 aromatic rings. The number of carbonyl (C=O) groups excluding carboxylic acids is 1. The van der Waals surface area contributed by atoms with Crippen molar-refractivity contribution in [3.8, 4) is 0 Å². The summed E-state index contributed by atoms with van der Waals surface area (Å²) in [5.74, 6) is 0.0531. The van der Waals surface area contributed by atoms with Crippen molar-refractivity contribution in [2.24, 2.45) is 0 Å². The van der Waals surface area contributed by atoms with E-state index in [1.807, 2.05) is 31.2 Å². The van der Waals surface area contributed by atoms with E-state index in [4.69, 9.17) is 11.6 Å². The molecule has 0 spiro atoms. The molecule has 0 unspecified atom stereocenters. The van der Waals surface area contributed by atoms with Gasteiger partial charge in [0.05, 0.1) is 11.3 Å². The maximum absolute atomic E-state index is 12.5. The van der Waals surface area contributed by atoms with Crippen molar-refractivity contribution < 1.29 is 4.79 Å². The maximum Gasteiger partial charge on any atom is 0.233 e. The van der Waals surface area contributed by atoms with E-state index in [9.17, 15) is 4.79 Å². The van der Waals surface area contributed by atoms with E-state index in [0.717, 1.165) is 16.9 Å². The Balaban J connectivity index is 1.98. The Bertz CT molecular complexity index is 639. The van der Waals surface area contributed by atoms with Crippen LogP contribution in [0.1, 0.15) is 37.4 Å². The highest BCUT2D eigenvalue weighted by Gasteiger charge is 2.18. The highest BCUT2D eigenvalue weighted by atomic mass is 35.5. The molecule has 0 fully saturated rings. The summed E-state index contributed by atoms with van der Waals surface area (Å²) >= 11 is 7.43. The summed E-state index contributed by atoms with van der Waals surface area (Å²) in [4.78, 5) is 13.5. The van der Waals surface area contributed by atoms with Gasteiger partial charge in [0, 0.05) is 9.92 Å². The minimum atomic E-state index is -0.157. The molecule has 1 N–H and O–H groups in total. The van der Waals surface area contributed by atoms with Gasteiger partial charge in [-0.25, -0.2) is 0 Å². The van der Waals surface area contributed by atoms with Gasteiger partial charge in [-0.2, -0.15) is 0 Å². The molecule has 122 valence electrons. The van der Waals surface area contributed by atoms with E-state index in [1.165, 1.54) is 17.3 Å². The average molecular weight is 348 g/mol. The number of carbonyl (C=O) groups is 1. The van der Waals surface area contributed by atoms with Crippen molar-refractivity contribution >= 4 is 29.3 Å². The van der Waals surface area contributed by atoms with Crippen LogP contribution in [0, 0.1) is 6.92 Å². The van der Waals surface area contributed by atoms with Crippen LogP contribution in [0.3, 0.4) is 0 Å². The van der Waals surface area contributed by atoms with Crippen LogP contribution in [0.25, 0.3) is 0 Å². The quantitative estimate of drug-likeness (QED) is 0.709. The summed E-state index contributed by atoms with van der Waals surface area (Å²) in [7, 11) is 0. The van der Waals surface area contributed by atoms with E-state index >= 15 is 0 Å². The van der Waals surface area contributed by atoms with Gasteiger partial charge in [0.25, 0.3) is 0 Å². The summed E-state index contributed by atoms with van der Waals surface area (Å²) in [6.07, 6.45) is 0.868. The highest BCUT2D eigenvalue weighted by Crippen LogP contribution is 2.26. The van der Waals surface area contributed by atoms with Gasteiger partial charge in [-0.05, 0) is 50.1 Å². The van der Waals surface area contributed by atoms with Gasteiger partial charge in [-0.15, -0.1) is 11.8 Å². The molecule has 1 amide bonds. The van der Waals surface area contributed by atoms with Gasteiger partial charge in [-0.3, -0.25) is 4.79 Å². The molecule has 2 nitrogen and oxygen atoms in total. The van der Waals surface area contributed by atoms with Gasteiger partial charge >= 0.3 is 0 Å². The topological polar surface area (TPSA) is 29.1 Å². The van der Waals surface area contributed by atoms with Crippen LogP contribution in [0.2, 0.25) is 5.02 Å². The van der Waals surface area contributed by atoms with Crippen molar-refractivity contribution in [3.05, 3.63) is 64.7 Å². The SMILES string of the molecule is CC[C@H](NC(=O)[C@H](C)Sc1ccc(Cl)cc1)c1ccc(C)cc1. The first-order valence-corrected chi connectivity index (χ1v) is 9.04. The Morgan fingerprint density at radius 1 is 1.13 bits per heavy atom. The van der Waals surface area contributed by atoms with E-state index in [1.54, 1.807) is 0 Å². The maximum atomic E-state index is 12.5. The molecule has 0 aliphatic heterocycles. The van der Waals surface area contributed by atoms with Crippen LogP contribution in [-0.4, -0.2) is 11.2 Å². The van der Waals surface area contributed by atoms with Gasteiger partial charge < -0.3 is 5.32 Å². The normalized spacial score (nSPS) is 13.4. The van der Waals surface area contributed by atoms with Crippen LogP contribution < -0.4 is 5.32 Å². The summed E-state index contributed by atoms with van der Waals surface area (Å²) < 4.78 is 0. The monoisotopic (exact) mass is 347 g/mol. The molecule has 0 saturated carbocycles. The molecule has 23 heavy (non-hydrogen) atoms. The molecule has 2 aromatic carbocycles. The second-order valence-corrected chi connectivity index (χ2v) is 7.44. The lowest BCUT2D eigenvalue weighted by Gasteiger charge is -2.20. The first-order valence-electron chi connectivity index (χ1n) is 7.78. The number of nitrogens with one attached hydrogen (secondary N) is 1. The van der Waals surface area contributed by atoms with E-state index in [0.29, 0.717) is 5.02 Å². The second-order valence-electron chi connectivity index (χ2n) is 5.59. The summed E-state index contributed by atoms with van der Waals surface area (Å²) in [6.45, 7) is 6.08. The second kappa shape index (κ2) is 8.42. The minimum absolute atomic E-state index is 0.0522. The van der Waals surface area contributed by atoms with E-state index < -0.39 is 0 Å². The lowest BCUT2D eigenvalue weighted by Crippen LogP contribution is -2.34. The van der Waals surface area contributed by atoms with E-state index in [-0.39, 0.29) is 17.2 Å². The number of aryl methyl sites for hydroxylation is 1. The molecule has 2 rings (SSSR count). The number of hydrogen-bond acceptors (Lipinski definition) is 2. The number of benzene rings is 2. The number of halogens is 1. The average Bonchev–Trinajstić information content (AvgIpc) is 2.55. The van der Waals surface area contributed by atoms with Crippen LogP contribution in [-0.2, 0) is 4.79 Å². The Morgan fingerprint density at radius 2 is 1.74 bits per heavy atom. The molecule has 0 heterocycles. The zero-order valence-electron chi connectivity index (χ0n) is 13.7. The number of thioether (sulfide) groups is 1. The van der Waals surface area contributed by atoms with Crippen LogP contribution in [0.15, 0.2) is 53.4 Å². The van der Waals surface area contributed by atoms with Crippen molar-refractivity contribution in [1.82, 2.24) is 5.32 Å². The van der Waals surface area contributed by atoms with E-state index in [2.05, 4.69) is 43.4 Å². The van der Waals surface area contributed by atoms with Gasteiger partial charge in [-0.1, -0.05) is 48.4 Å². The standard InChI is InChI=1S/C19H22ClNOS/c1-4-18(15-7-5-13(2)6-8-15)21-19(22)14(3)23-17-11-9-16(20)10-12-17/h5-12,14,18H,4H2,1-3H3,(H,21,22)/t14-,18-/m0/s1. The summed E-state index contributed by atoms with van der Waals surface area (Å²) in [5, 5.41) is 3.70. The Morgan fingerprint density at radius 3 is 2.30 bits per heavy atom. The molecule has 4 heteroatoms. The molecule has 0 radical (unpaired) electrons. The Hall–Kier alpha value is -1.45. The first kappa shape index (κ1) is 17.9.